The number of hydrogen-bond donors (Lipinski definition) is 0. The lowest BCUT2D eigenvalue weighted by atomic mass is 9.82. The molecule has 1 aromatic heterocycles. The number of hydrogen-bond acceptors (Lipinski definition) is 6. The fourth-order valence-corrected chi connectivity index (χ4v) is 8.34. The van der Waals surface area contributed by atoms with E-state index in [-0.39, 0.29) is 17.9 Å². The molecule has 4 fully saturated rings. The second-order valence-corrected chi connectivity index (χ2v) is 10.4. The highest BCUT2D eigenvalue weighted by molar-refractivity contribution is 8.78. The van der Waals surface area contributed by atoms with Crippen molar-refractivity contribution in [3.63, 3.8) is 0 Å². The van der Waals surface area contributed by atoms with E-state index in [1.807, 2.05) is 24.4 Å². The molecule has 0 aromatic carbocycles. The summed E-state index contributed by atoms with van der Waals surface area (Å²) in [5.74, 6) is -0.135. The van der Waals surface area contributed by atoms with Crippen molar-refractivity contribution in [1.82, 2.24) is 9.80 Å². The van der Waals surface area contributed by atoms with Gasteiger partial charge in [0.15, 0.2) is 9.74 Å². The van der Waals surface area contributed by atoms with Gasteiger partial charge in [0.25, 0.3) is 11.8 Å². The van der Waals surface area contributed by atoms with Crippen LogP contribution < -0.4 is 0 Å². The lowest BCUT2D eigenvalue weighted by molar-refractivity contribution is -0.164. The molecule has 5 rings (SSSR count). The Morgan fingerprint density at radius 3 is 2.65 bits per heavy atom. The highest BCUT2D eigenvalue weighted by Crippen LogP contribution is 2.69. The Morgan fingerprint density at radius 1 is 1.30 bits per heavy atom. The maximum Gasteiger partial charge on any atom is 0.261 e. The van der Waals surface area contributed by atoms with Crippen LogP contribution in [-0.2, 0) is 9.59 Å². The second-order valence-electron chi connectivity index (χ2n) is 6.60. The summed E-state index contributed by atoms with van der Waals surface area (Å²) in [5.41, 5.74) is -0.778. The van der Waals surface area contributed by atoms with Crippen molar-refractivity contribution in [2.45, 2.75) is 36.1 Å². The third-order valence-corrected chi connectivity index (χ3v) is 9.79. The number of fused-ring (bicyclic) bond motifs is 2. The molecule has 5 heterocycles. The molecule has 5 nitrogen and oxygen atoms in total. The van der Waals surface area contributed by atoms with Crippen LogP contribution in [0.4, 0.5) is 0 Å². The zero-order valence-electron chi connectivity index (χ0n) is 12.9. The van der Waals surface area contributed by atoms with Gasteiger partial charge in [0.1, 0.15) is 0 Å². The van der Waals surface area contributed by atoms with E-state index < -0.39 is 15.2 Å². The fourth-order valence-electron chi connectivity index (χ4n) is 3.79. The Morgan fingerprint density at radius 2 is 2.04 bits per heavy atom. The van der Waals surface area contributed by atoms with Crippen molar-refractivity contribution in [2.75, 3.05) is 7.05 Å². The molecule has 23 heavy (non-hydrogen) atoms. The summed E-state index contributed by atoms with van der Waals surface area (Å²) in [6.45, 7) is 3.66. The second kappa shape index (κ2) is 4.47. The van der Waals surface area contributed by atoms with Gasteiger partial charge in [0, 0.05) is 18.3 Å². The first-order valence-electron chi connectivity index (χ1n) is 7.24. The van der Waals surface area contributed by atoms with Gasteiger partial charge in [-0.1, -0.05) is 27.7 Å². The van der Waals surface area contributed by atoms with Crippen LogP contribution in [-0.4, -0.2) is 38.4 Å². The van der Waals surface area contributed by atoms with Gasteiger partial charge in [-0.05, 0) is 25.3 Å². The molecule has 8 heteroatoms. The van der Waals surface area contributed by atoms with Crippen LogP contribution in [0.5, 0.6) is 0 Å². The molecule has 4 aliphatic heterocycles. The minimum absolute atomic E-state index is 0.0659. The zero-order chi connectivity index (χ0) is 16.6. The van der Waals surface area contributed by atoms with E-state index in [9.17, 15) is 14.9 Å². The van der Waals surface area contributed by atoms with Gasteiger partial charge in [0.05, 0.1) is 17.5 Å². The molecule has 0 N–H and O–H groups in total. The topological polar surface area (TPSA) is 64.4 Å². The predicted molar refractivity (Wildman–Crippen MR) is 91.3 cm³/mol. The first-order chi connectivity index (χ1) is 10.8. The van der Waals surface area contributed by atoms with Crippen LogP contribution >= 0.6 is 32.9 Å². The lowest BCUT2D eigenvalue weighted by Gasteiger charge is -2.57. The standard InChI is InChI=1S/C15H15N3O2S3/c1-13(8-16)7-15-12(20)17(3)14(2,22-23-15)11(19)18(15)10(13)9-5-4-6-21-9/h4-6,10H,7H2,1-3H3. The van der Waals surface area contributed by atoms with Crippen molar-refractivity contribution in [3.8, 4) is 6.07 Å². The fraction of sp³-hybridized carbons (Fsp3) is 0.533. The molecule has 4 aliphatic rings. The molecule has 2 bridgehead atoms. The first-order valence-corrected chi connectivity index (χ1v) is 10.3. The van der Waals surface area contributed by atoms with Crippen molar-refractivity contribution in [3.05, 3.63) is 22.4 Å². The van der Waals surface area contributed by atoms with E-state index in [0.29, 0.717) is 6.42 Å². The zero-order valence-corrected chi connectivity index (χ0v) is 15.3. The van der Waals surface area contributed by atoms with Gasteiger partial charge >= 0.3 is 0 Å². The van der Waals surface area contributed by atoms with Crippen LogP contribution in [0.3, 0.4) is 0 Å². The molecule has 1 spiro atoms. The molecule has 4 saturated heterocycles. The third kappa shape index (κ3) is 1.61. The first kappa shape index (κ1) is 15.4. The van der Waals surface area contributed by atoms with Gasteiger partial charge < -0.3 is 9.80 Å². The summed E-state index contributed by atoms with van der Waals surface area (Å²) in [6, 6.07) is 5.91. The summed E-state index contributed by atoms with van der Waals surface area (Å²) >= 11 is 1.53. The number of thiophene rings is 1. The molecule has 0 aliphatic carbocycles. The van der Waals surface area contributed by atoms with E-state index in [1.165, 1.54) is 32.9 Å². The summed E-state index contributed by atoms with van der Waals surface area (Å²) in [6.07, 6.45) is 0.363. The Kier molecular flexibility index (Phi) is 2.98. The van der Waals surface area contributed by atoms with E-state index in [0.717, 1.165) is 4.88 Å². The van der Waals surface area contributed by atoms with Gasteiger partial charge in [-0.2, -0.15) is 5.26 Å². The highest BCUT2D eigenvalue weighted by atomic mass is 33.1. The Hall–Kier alpha value is -1.17. The minimum Gasteiger partial charge on any atom is -0.319 e. The summed E-state index contributed by atoms with van der Waals surface area (Å²) in [5, 5.41) is 11.8. The molecule has 0 saturated carbocycles. The third-order valence-electron chi connectivity index (χ3n) is 5.16. The van der Waals surface area contributed by atoms with E-state index in [4.69, 9.17) is 0 Å². The van der Waals surface area contributed by atoms with E-state index >= 15 is 0 Å². The number of amides is 2. The smallest absolute Gasteiger partial charge is 0.261 e. The SMILES string of the molecule is CN1C(=O)C23CC(C)(C#N)C(c4cccs4)N2C(=O)C1(C)SS3. The van der Waals surface area contributed by atoms with Crippen molar-refractivity contribution in [2.24, 2.45) is 5.41 Å². The average Bonchev–Trinajstić information content (AvgIpc) is 3.13. The number of carbonyl (C=O) groups excluding carboxylic acids is 2. The van der Waals surface area contributed by atoms with Crippen molar-refractivity contribution in [1.29, 1.82) is 5.26 Å². The number of likely N-dealkylation sites (N-methyl/N-ethyl adjacent to an activating group) is 1. The molecular formula is C15H15N3O2S3. The number of nitriles is 1. The Bertz CT molecular complexity index is 761. The minimum atomic E-state index is -0.965. The van der Waals surface area contributed by atoms with Gasteiger partial charge in [0.2, 0.25) is 0 Å². The van der Waals surface area contributed by atoms with Crippen LogP contribution in [0.1, 0.15) is 31.2 Å². The summed E-state index contributed by atoms with van der Waals surface area (Å²) in [4.78, 5) is 28.7. The van der Waals surface area contributed by atoms with Gasteiger partial charge in [-0.3, -0.25) is 9.59 Å². The lowest BCUT2D eigenvalue weighted by Crippen LogP contribution is -2.73. The van der Waals surface area contributed by atoms with E-state index in [2.05, 4.69) is 6.07 Å². The van der Waals surface area contributed by atoms with Crippen molar-refractivity contribution < 1.29 is 9.59 Å². The van der Waals surface area contributed by atoms with Crippen LogP contribution in [0.15, 0.2) is 17.5 Å². The molecule has 2 amide bonds. The molecule has 0 radical (unpaired) electrons. The Balaban J connectivity index is 1.95. The number of rotatable bonds is 1. The maximum absolute atomic E-state index is 13.2. The van der Waals surface area contributed by atoms with E-state index in [1.54, 1.807) is 23.8 Å². The number of carbonyl (C=O) groups is 2. The number of piperazine rings is 1. The largest absolute Gasteiger partial charge is 0.319 e. The van der Waals surface area contributed by atoms with Crippen LogP contribution in [0.25, 0.3) is 0 Å². The van der Waals surface area contributed by atoms with Crippen LogP contribution in [0, 0.1) is 16.7 Å². The monoisotopic (exact) mass is 365 g/mol. The highest BCUT2D eigenvalue weighted by Gasteiger charge is 2.74. The van der Waals surface area contributed by atoms with Crippen LogP contribution in [0.2, 0.25) is 0 Å². The molecule has 1 aromatic rings. The Labute approximate surface area is 146 Å². The average molecular weight is 366 g/mol. The maximum atomic E-state index is 13.2. The predicted octanol–water partition coefficient (Wildman–Crippen LogP) is 2.83. The molecule has 4 unspecified atom stereocenters. The normalized spacial score (nSPS) is 42.1. The van der Waals surface area contributed by atoms with Crippen molar-refractivity contribution >= 4 is 44.7 Å². The molecular weight excluding hydrogens is 350 g/mol. The van der Waals surface area contributed by atoms with Gasteiger partial charge in [-0.25, -0.2) is 0 Å². The molecule has 4 atom stereocenters. The quantitative estimate of drug-likeness (QED) is 0.716. The van der Waals surface area contributed by atoms with Gasteiger partial charge in [-0.15, -0.1) is 11.3 Å². The number of nitrogens with zero attached hydrogens (tertiary/aromatic N) is 3. The summed E-state index contributed by atoms with van der Waals surface area (Å²) in [7, 11) is 4.57. The molecule has 120 valence electrons. The summed E-state index contributed by atoms with van der Waals surface area (Å²) < 4.78 is 0.